The summed E-state index contributed by atoms with van der Waals surface area (Å²) in [6, 6.07) is 16.3. The van der Waals surface area contributed by atoms with Gasteiger partial charge in [-0.25, -0.2) is 0 Å². The van der Waals surface area contributed by atoms with Crippen molar-refractivity contribution in [2.45, 2.75) is 34.2 Å². The molecule has 0 saturated heterocycles. The summed E-state index contributed by atoms with van der Waals surface area (Å²) in [6.45, 7) is 10.1. The molecular weight excluding hydrogens is 308 g/mol. The summed E-state index contributed by atoms with van der Waals surface area (Å²) in [7, 11) is 0. The van der Waals surface area contributed by atoms with Gasteiger partial charge in [-0.1, -0.05) is 44.2 Å². The Labute approximate surface area is 149 Å². The van der Waals surface area contributed by atoms with Crippen LogP contribution in [-0.2, 0) is 6.54 Å². The molecule has 0 fully saturated rings. The molecule has 0 saturated carbocycles. The van der Waals surface area contributed by atoms with E-state index < -0.39 is 0 Å². The van der Waals surface area contributed by atoms with Gasteiger partial charge >= 0.3 is 0 Å². The Bertz CT molecular complexity index is 940. The van der Waals surface area contributed by atoms with E-state index >= 15 is 0 Å². The molecule has 130 valence electrons. The molecule has 25 heavy (non-hydrogen) atoms. The first kappa shape index (κ1) is 17.3. The normalized spacial score (nSPS) is 11.2. The molecule has 0 unspecified atom stereocenters. The van der Waals surface area contributed by atoms with Gasteiger partial charge in [0.15, 0.2) is 5.43 Å². The third-order valence-corrected chi connectivity index (χ3v) is 4.58. The summed E-state index contributed by atoms with van der Waals surface area (Å²) in [5.41, 5.74) is 5.03. The van der Waals surface area contributed by atoms with Gasteiger partial charge in [0.05, 0.1) is 11.2 Å². The minimum Gasteiger partial charge on any atom is -0.385 e. The lowest BCUT2D eigenvalue weighted by molar-refractivity contribution is 0.689. The number of nitrogens with one attached hydrogen (secondary N) is 1. The predicted octanol–water partition coefficient (Wildman–Crippen LogP) is 5.06. The molecule has 1 N–H and O–H groups in total. The molecule has 0 bridgehead atoms. The van der Waals surface area contributed by atoms with Crippen molar-refractivity contribution in [3.63, 3.8) is 0 Å². The van der Waals surface area contributed by atoms with E-state index in [1.165, 1.54) is 0 Å². The largest absolute Gasteiger partial charge is 0.385 e. The minimum atomic E-state index is 0.117. The summed E-state index contributed by atoms with van der Waals surface area (Å²) in [5.74, 6) is 0.560. The molecule has 0 aliphatic carbocycles. The molecule has 0 spiro atoms. The second-order valence-electron chi connectivity index (χ2n) is 6.92. The molecule has 0 radical (unpaired) electrons. The third kappa shape index (κ3) is 3.32. The number of aromatic nitrogens is 1. The van der Waals surface area contributed by atoms with E-state index in [-0.39, 0.29) is 5.43 Å². The molecule has 0 amide bonds. The number of nitrogens with zero attached hydrogens (tertiary/aromatic N) is 1. The molecule has 3 rings (SSSR count). The Kier molecular flexibility index (Phi) is 4.93. The van der Waals surface area contributed by atoms with Gasteiger partial charge < -0.3 is 9.88 Å². The highest BCUT2D eigenvalue weighted by Gasteiger charge is 2.15. The van der Waals surface area contributed by atoms with Crippen LogP contribution in [0.3, 0.4) is 0 Å². The van der Waals surface area contributed by atoms with Gasteiger partial charge in [-0.3, -0.25) is 4.79 Å². The van der Waals surface area contributed by atoms with Gasteiger partial charge in [0.2, 0.25) is 0 Å². The van der Waals surface area contributed by atoms with Gasteiger partial charge in [-0.05, 0) is 43.5 Å². The number of pyridine rings is 1. The number of rotatable bonds is 5. The summed E-state index contributed by atoms with van der Waals surface area (Å²) >= 11 is 0. The average Bonchev–Trinajstić information content (AvgIpc) is 2.63. The summed E-state index contributed by atoms with van der Waals surface area (Å²) in [5, 5.41) is 4.20. The maximum atomic E-state index is 13.0. The van der Waals surface area contributed by atoms with Crippen molar-refractivity contribution in [2.24, 2.45) is 5.92 Å². The minimum absolute atomic E-state index is 0.117. The first-order valence-electron chi connectivity index (χ1n) is 8.99. The Morgan fingerprint density at radius 1 is 1.08 bits per heavy atom. The Morgan fingerprint density at radius 3 is 2.44 bits per heavy atom. The number of anilines is 1. The molecule has 0 atom stereocenters. The number of hydrogen-bond donors (Lipinski definition) is 1. The number of aryl methyl sites for hydroxylation is 1. The zero-order chi connectivity index (χ0) is 18.0. The quantitative estimate of drug-likeness (QED) is 0.707. The van der Waals surface area contributed by atoms with Crippen molar-refractivity contribution in [3.8, 4) is 11.3 Å². The molecule has 1 heterocycles. The highest BCUT2D eigenvalue weighted by molar-refractivity contribution is 5.87. The first-order valence-corrected chi connectivity index (χ1v) is 8.99. The van der Waals surface area contributed by atoms with E-state index in [1.54, 1.807) is 0 Å². The van der Waals surface area contributed by atoms with Crippen LogP contribution in [0.2, 0.25) is 0 Å². The SMILES string of the molecule is CCn1c(-c2ccccc2)c(C)c(=O)c2cc(NCC(C)C)ccc21. The van der Waals surface area contributed by atoms with Crippen LogP contribution < -0.4 is 10.7 Å². The van der Waals surface area contributed by atoms with Crippen molar-refractivity contribution < 1.29 is 0 Å². The smallest absolute Gasteiger partial charge is 0.193 e. The maximum absolute atomic E-state index is 13.0. The molecule has 3 heteroatoms. The van der Waals surface area contributed by atoms with Crippen LogP contribution in [0.5, 0.6) is 0 Å². The lowest BCUT2D eigenvalue weighted by Crippen LogP contribution is -2.16. The fraction of sp³-hybridized carbons (Fsp3) is 0.318. The van der Waals surface area contributed by atoms with Crippen molar-refractivity contribution in [1.82, 2.24) is 4.57 Å². The number of hydrogen-bond acceptors (Lipinski definition) is 2. The standard InChI is InChI=1S/C22H26N2O/c1-5-24-20-12-11-18(23-14-15(2)3)13-19(20)22(25)16(4)21(24)17-9-7-6-8-10-17/h6-13,15,23H,5,14H2,1-4H3. The fourth-order valence-corrected chi connectivity index (χ4v) is 3.31. The number of benzene rings is 2. The van der Waals surface area contributed by atoms with E-state index in [9.17, 15) is 4.79 Å². The second-order valence-corrected chi connectivity index (χ2v) is 6.92. The van der Waals surface area contributed by atoms with Crippen LogP contribution >= 0.6 is 0 Å². The van der Waals surface area contributed by atoms with Crippen molar-refractivity contribution in [2.75, 3.05) is 11.9 Å². The Morgan fingerprint density at radius 2 is 1.80 bits per heavy atom. The Balaban J connectivity index is 2.23. The molecule has 0 aliphatic rings. The van der Waals surface area contributed by atoms with Crippen molar-refractivity contribution >= 4 is 16.6 Å². The Hall–Kier alpha value is -2.55. The number of fused-ring (bicyclic) bond motifs is 1. The van der Waals surface area contributed by atoms with E-state index in [4.69, 9.17) is 0 Å². The van der Waals surface area contributed by atoms with Crippen LogP contribution in [0.1, 0.15) is 26.3 Å². The van der Waals surface area contributed by atoms with Crippen molar-refractivity contribution in [1.29, 1.82) is 0 Å². The van der Waals surface area contributed by atoms with E-state index in [2.05, 4.69) is 54.9 Å². The second kappa shape index (κ2) is 7.14. The summed E-state index contributed by atoms with van der Waals surface area (Å²) < 4.78 is 2.24. The zero-order valence-electron chi connectivity index (χ0n) is 15.5. The zero-order valence-corrected chi connectivity index (χ0v) is 15.5. The first-order chi connectivity index (χ1) is 12.0. The van der Waals surface area contributed by atoms with Crippen LogP contribution in [-0.4, -0.2) is 11.1 Å². The molecule has 3 nitrogen and oxygen atoms in total. The lowest BCUT2D eigenvalue weighted by Gasteiger charge is -2.19. The van der Waals surface area contributed by atoms with E-state index in [1.807, 2.05) is 31.2 Å². The summed E-state index contributed by atoms with van der Waals surface area (Å²) in [4.78, 5) is 13.0. The van der Waals surface area contributed by atoms with Crippen molar-refractivity contribution in [3.05, 3.63) is 64.3 Å². The lowest BCUT2D eigenvalue weighted by atomic mass is 10.0. The van der Waals surface area contributed by atoms with Gasteiger partial charge in [0.1, 0.15) is 0 Å². The van der Waals surface area contributed by atoms with Crippen LogP contribution in [0.25, 0.3) is 22.2 Å². The van der Waals surface area contributed by atoms with Gasteiger partial charge in [0.25, 0.3) is 0 Å². The van der Waals surface area contributed by atoms with Crippen LogP contribution in [0.4, 0.5) is 5.69 Å². The monoisotopic (exact) mass is 334 g/mol. The predicted molar refractivity (Wildman–Crippen MR) is 107 cm³/mol. The average molecular weight is 334 g/mol. The third-order valence-electron chi connectivity index (χ3n) is 4.58. The van der Waals surface area contributed by atoms with Gasteiger partial charge in [0, 0.05) is 29.7 Å². The van der Waals surface area contributed by atoms with E-state index in [0.29, 0.717) is 5.92 Å². The van der Waals surface area contributed by atoms with Gasteiger partial charge in [-0.2, -0.15) is 0 Å². The van der Waals surface area contributed by atoms with Gasteiger partial charge in [-0.15, -0.1) is 0 Å². The highest BCUT2D eigenvalue weighted by Crippen LogP contribution is 2.27. The van der Waals surface area contributed by atoms with Crippen LogP contribution in [0, 0.1) is 12.8 Å². The molecule has 0 aliphatic heterocycles. The molecule has 3 aromatic rings. The maximum Gasteiger partial charge on any atom is 0.193 e. The van der Waals surface area contributed by atoms with E-state index in [0.717, 1.165) is 46.5 Å². The van der Waals surface area contributed by atoms with Crippen LogP contribution in [0.15, 0.2) is 53.3 Å². The molecular formula is C22H26N2O. The molecule has 2 aromatic carbocycles. The fourth-order valence-electron chi connectivity index (χ4n) is 3.31. The molecule has 1 aromatic heterocycles. The summed E-state index contributed by atoms with van der Waals surface area (Å²) in [6.07, 6.45) is 0. The highest BCUT2D eigenvalue weighted by atomic mass is 16.1. The topological polar surface area (TPSA) is 34.0 Å².